The Morgan fingerprint density at radius 1 is 1.31 bits per heavy atom. The summed E-state index contributed by atoms with van der Waals surface area (Å²) in [4.78, 5) is 0. The van der Waals surface area contributed by atoms with Crippen LogP contribution in [0.25, 0.3) is 10.9 Å². The molecule has 1 aliphatic rings. The van der Waals surface area contributed by atoms with Crippen LogP contribution in [-0.4, -0.2) is 16.8 Å². The van der Waals surface area contributed by atoms with E-state index in [1.165, 1.54) is 10.9 Å². The van der Waals surface area contributed by atoms with Crippen molar-refractivity contribution in [2.75, 3.05) is 6.61 Å². The number of fused-ring (bicyclic) bond motifs is 3. The molecule has 0 aliphatic carbocycles. The first-order valence-corrected chi connectivity index (χ1v) is 5.95. The Labute approximate surface area is 95.8 Å². The Morgan fingerprint density at radius 3 is 2.94 bits per heavy atom. The van der Waals surface area contributed by atoms with E-state index in [1.54, 1.807) is 0 Å². The topological polar surface area (TPSA) is 37.9 Å². The summed E-state index contributed by atoms with van der Waals surface area (Å²) in [5.74, 6) is 1.04. The van der Waals surface area contributed by atoms with Crippen LogP contribution < -0.4 is 4.74 Å². The van der Waals surface area contributed by atoms with E-state index in [1.807, 2.05) is 26.0 Å². The van der Waals surface area contributed by atoms with Gasteiger partial charge in [-0.25, -0.2) is 0 Å². The van der Waals surface area contributed by atoms with Crippen LogP contribution in [0.15, 0.2) is 12.1 Å². The standard InChI is InChI=1S/C11H12N2O.C2H6/c1-7-11-8-3-2-6-14-10(8)5-4-9(11)13-12-7;1-2/h4-5H,2-3,6H2,1H3,(H,12,13);1-2H3. The van der Waals surface area contributed by atoms with Crippen molar-refractivity contribution < 1.29 is 4.74 Å². The molecule has 0 saturated heterocycles. The molecule has 0 bridgehead atoms. The molecule has 1 aromatic carbocycles. The zero-order valence-corrected chi connectivity index (χ0v) is 10.1. The van der Waals surface area contributed by atoms with Crippen molar-refractivity contribution in [1.29, 1.82) is 0 Å². The molecule has 3 nitrogen and oxygen atoms in total. The maximum Gasteiger partial charge on any atom is 0.123 e. The largest absolute Gasteiger partial charge is 0.493 e. The third-order valence-corrected chi connectivity index (χ3v) is 2.80. The first kappa shape index (κ1) is 11.0. The molecule has 2 aromatic rings. The molecule has 1 aromatic heterocycles. The van der Waals surface area contributed by atoms with Gasteiger partial charge in [0.15, 0.2) is 0 Å². The SMILES string of the molecule is CC.Cc1[nH]nc2ccc3c(c12)CCCO3. The van der Waals surface area contributed by atoms with Gasteiger partial charge in [-0.3, -0.25) is 5.10 Å². The Balaban J connectivity index is 0.000000457. The number of hydrogen-bond donors (Lipinski definition) is 1. The lowest BCUT2D eigenvalue weighted by atomic mass is 10.0. The average molecular weight is 218 g/mol. The Morgan fingerprint density at radius 2 is 2.12 bits per heavy atom. The zero-order valence-electron chi connectivity index (χ0n) is 10.1. The highest BCUT2D eigenvalue weighted by Gasteiger charge is 2.15. The van der Waals surface area contributed by atoms with Crippen molar-refractivity contribution >= 4 is 10.9 Å². The number of aryl methyl sites for hydroxylation is 2. The van der Waals surface area contributed by atoms with E-state index in [2.05, 4.69) is 17.1 Å². The van der Waals surface area contributed by atoms with Gasteiger partial charge in [0.25, 0.3) is 0 Å². The van der Waals surface area contributed by atoms with Crippen molar-refractivity contribution in [3.05, 3.63) is 23.4 Å². The van der Waals surface area contributed by atoms with Crippen LogP contribution in [0.1, 0.15) is 31.5 Å². The molecule has 3 heteroatoms. The first-order chi connectivity index (χ1) is 7.86. The Hall–Kier alpha value is -1.51. The van der Waals surface area contributed by atoms with Crippen LogP contribution in [0.3, 0.4) is 0 Å². The predicted molar refractivity (Wildman–Crippen MR) is 66.0 cm³/mol. The second kappa shape index (κ2) is 4.56. The molecule has 2 heterocycles. The van der Waals surface area contributed by atoms with E-state index in [-0.39, 0.29) is 0 Å². The van der Waals surface area contributed by atoms with Crippen LogP contribution in [0, 0.1) is 6.92 Å². The van der Waals surface area contributed by atoms with Gasteiger partial charge in [-0.05, 0) is 31.9 Å². The number of nitrogens with one attached hydrogen (secondary N) is 1. The number of hydrogen-bond acceptors (Lipinski definition) is 2. The molecule has 0 saturated carbocycles. The number of nitrogens with zero attached hydrogens (tertiary/aromatic N) is 1. The molecule has 0 spiro atoms. The fourth-order valence-electron chi connectivity index (χ4n) is 2.14. The highest BCUT2D eigenvalue weighted by molar-refractivity contribution is 5.87. The minimum absolute atomic E-state index is 0.843. The number of rotatable bonds is 0. The van der Waals surface area contributed by atoms with Gasteiger partial charge >= 0.3 is 0 Å². The highest BCUT2D eigenvalue weighted by atomic mass is 16.5. The van der Waals surface area contributed by atoms with Gasteiger partial charge in [-0.2, -0.15) is 5.10 Å². The van der Waals surface area contributed by atoms with Crippen LogP contribution >= 0.6 is 0 Å². The number of H-pyrrole nitrogens is 1. The fraction of sp³-hybridized carbons (Fsp3) is 0.462. The lowest BCUT2D eigenvalue weighted by Gasteiger charge is -2.17. The van der Waals surface area contributed by atoms with Gasteiger partial charge < -0.3 is 4.74 Å². The van der Waals surface area contributed by atoms with E-state index >= 15 is 0 Å². The third-order valence-electron chi connectivity index (χ3n) is 2.80. The lowest BCUT2D eigenvalue weighted by molar-refractivity contribution is 0.289. The number of aromatic nitrogens is 2. The van der Waals surface area contributed by atoms with E-state index < -0.39 is 0 Å². The molecular formula is C13H18N2O. The molecule has 0 radical (unpaired) electrons. The van der Waals surface area contributed by atoms with Crippen molar-refractivity contribution in [1.82, 2.24) is 10.2 Å². The lowest BCUT2D eigenvalue weighted by Crippen LogP contribution is -2.08. The molecule has 0 amide bonds. The summed E-state index contributed by atoms with van der Waals surface area (Å²) in [6.07, 6.45) is 2.21. The molecular weight excluding hydrogens is 200 g/mol. The molecule has 0 unspecified atom stereocenters. The molecule has 1 aliphatic heterocycles. The van der Waals surface area contributed by atoms with Crippen LogP contribution in [0.4, 0.5) is 0 Å². The predicted octanol–water partition coefficient (Wildman–Crippen LogP) is 3.22. The summed E-state index contributed by atoms with van der Waals surface area (Å²) in [6, 6.07) is 4.04. The molecule has 16 heavy (non-hydrogen) atoms. The number of aromatic amines is 1. The van der Waals surface area contributed by atoms with E-state index in [0.29, 0.717) is 0 Å². The summed E-state index contributed by atoms with van der Waals surface area (Å²) in [6.45, 7) is 6.90. The van der Waals surface area contributed by atoms with Gasteiger partial charge in [0.1, 0.15) is 5.75 Å². The van der Waals surface area contributed by atoms with E-state index in [0.717, 1.165) is 36.4 Å². The van der Waals surface area contributed by atoms with Gasteiger partial charge in [-0.1, -0.05) is 13.8 Å². The quantitative estimate of drug-likeness (QED) is 0.737. The maximum absolute atomic E-state index is 5.61. The average Bonchev–Trinajstić information content (AvgIpc) is 2.74. The number of ether oxygens (including phenoxy) is 1. The van der Waals surface area contributed by atoms with Crippen molar-refractivity contribution in [3.63, 3.8) is 0 Å². The van der Waals surface area contributed by atoms with Crippen LogP contribution in [0.2, 0.25) is 0 Å². The van der Waals surface area contributed by atoms with Gasteiger partial charge in [0.05, 0.1) is 12.1 Å². The highest BCUT2D eigenvalue weighted by Crippen LogP contribution is 2.32. The minimum Gasteiger partial charge on any atom is -0.493 e. The van der Waals surface area contributed by atoms with Crippen molar-refractivity contribution in [3.8, 4) is 5.75 Å². The fourth-order valence-corrected chi connectivity index (χ4v) is 2.14. The Bertz CT molecular complexity index is 488. The van der Waals surface area contributed by atoms with Crippen molar-refractivity contribution in [2.24, 2.45) is 0 Å². The second-order valence-corrected chi connectivity index (χ2v) is 3.74. The van der Waals surface area contributed by atoms with E-state index in [4.69, 9.17) is 4.74 Å². The molecule has 86 valence electrons. The smallest absolute Gasteiger partial charge is 0.123 e. The van der Waals surface area contributed by atoms with Gasteiger partial charge in [0, 0.05) is 16.6 Å². The molecule has 1 N–H and O–H groups in total. The Kier molecular flexibility index (Phi) is 3.13. The summed E-state index contributed by atoms with van der Waals surface area (Å²) in [5.41, 5.74) is 3.51. The summed E-state index contributed by atoms with van der Waals surface area (Å²) in [7, 11) is 0. The van der Waals surface area contributed by atoms with Crippen LogP contribution in [0.5, 0.6) is 5.75 Å². The monoisotopic (exact) mass is 218 g/mol. The minimum atomic E-state index is 0.843. The maximum atomic E-state index is 5.61. The molecule has 0 fully saturated rings. The summed E-state index contributed by atoms with van der Waals surface area (Å²) in [5, 5.41) is 8.52. The molecule has 3 rings (SSSR count). The van der Waals surface area contributed by atoms with E-state index in [9.17, 15) is 0 Å². The van der Waals surface area contributed by atoms with Crippen molar-refractivity contribution in [2.45, 2.75) is 33.6 Å². The first-order valence-electron chi connectivity index (χ1n) is 5.95. The third kappa shape index (κ3) is 1.66. The second-order valence-electron chi connectivity index (χ2n) is 3.74. The summed E-state index contributed by atoms with van der Waals surface area (Å²) >= 11 is 0. The summed E-state index contributed by atoms with van der Waals surface area (Å²) < 4.78 is 5.61. The molecule has 0 atom stereocenters. The normalized spacial score (nSPS) is 13.7. The van der Waals surface area contributed by atoms with Gasteiger partial charge in [-0.15, -0.1) is 0 Å². The van der Waals surface area contributed by atoms with Gasteiger partial charge in [0.2, 0.25) is 0 Å². The number of benzene rings is 1. The van der Waals surface area contributed by atoms with Crippen LogP contribution in [-0.2, 0) is 6.42 Å². The zero-order chi connectivity index (χ0) is 11.5.